The molecule has 0 radical (unpaired) electrons. The third-order valence-electron chi connectivity index (χ3n) is 3.95. The molecular formula is C17H27N3O3Si. The average Bonchev–Trinajstić information content (AvgIpc) is 2.70. The molecule has 1 heterocycles. The third kappa shape index (κ3) is 4.58. The summed E-state index contributed by atoms with van der Waals surface area (Å²) in [5.74, 6) is -0.201. The van der Waals surface area contributed by atoms with Crippen LogP contribution in [0.25, 0.3) is 0 Å². The highest BCUT2D eigenvalue weighted by Crippen LogP contribution is 2.28. The topological polar surface area (TPSA) is 70.7 Å². The Balaban J connectivity index is 1.99. The Hall–Kier alpha value is -1.86. The second kappa shape index (κ2) is 6.94. The van der Waals surface area contributed by atoms with Gasteiger partial charge in [0.15, 0.2) is 0 Å². The zero-order valence-electron chi connectivity index (χ0n) is 15.1. The van der Waals surface area contributed by atoms with E-state index >= 15 is 0 Å². The second-order valence-electron chi connectivity index (χ2n) is 7.78. The highest BCUT2D eigenvalue weighted by Gasteiger charge is 2.46. The molecule has 1 saturated heterocycles. The van der Waals surface area contributed by atoms with E-state index in [0.717, 1.165) is 11.6 Å². The van der Waals surface area contributed by atoms with Crippen LogP contribution in [0.1, 0.15) is 25.5 Å². The number of nitrogens with zero attached hydrogens (tertiary/aromatic N) is 1. The van der Waals surface area contributed by atoms with Crippen LogP contribution in [0.15, 0.2) is 30.3 Å². The highest BCUT2D eigenvalue weighted by atomic mass is 28.3. The van der Waals surface area contributed by atoms with Crippen molar-refractivity contribution in [1.82, 2.24) is 15.8 Å². The smallest absolute Gasteiger partial charge is 0.426 e. The van der Waals surface area contributed by atoms with E-state index in [-0.39, 0.29) is 5.91 Å². The maximum absolute atomic E-state index is 12.7. The summed E-state index contributed by atoms with van der Waals surface area (Å²) in [7, 11) is -1.26. The lowest BCUT2D eigenvalue weighted by molar-refractivity contribution is -0.134. The number of amides is 2. The first-order valence-corrected chi connectivity index (χ1v) is 11.9. The molecule has 1 aliphatic heterocycles. The fourth-order valence-corrected chi connectivity index (χ4v) is 3.24. The van der Waals surface area contributed by atoms with E-state index in [1.54, 1.807) is 0 Å². The van der Waals surface area contributed by atoms with E-state index < -0.39 is 25.9 Å². The zero-order chi connectivity index (χ0) is 18.0. The van der Waals surface area contributed by atoms with Gasteiger partial charge in [-0.1, -0.05) is 50.0 Å². The standard InChI is InChI=1S/C17H27N3O3Si/c1-17(2)18-14(13-9-7-6-8-10-13)15(21)20(17)19-16(22)23-11-12-24(3,4)5/h6-10,14,18H,11-12H2,1-5H3,(H,19,22). The summed E-state index contributed by atoms with van der Waals surface area (Å²) in [6, 6.07) is 9.87. The van der Waals surface area contributed by atoms with Crippen LogP contribution in [0.3, 0.4) is 0 Å². The predicted octanol–water partition coefficient (Wildman–Crippen LogP) is 2.88. The fraction of sp³-hybridized carbons (Fsp3) is 0.529. The fourth-order valence-electron chi connectivity index (χ4n) is 2.52. The number of hydrazine groups is 1. The molecule has 1 aromatic carbocycles. The van der Waals surface area contributed by atoms with Gasteiger partial charge in [0.1, 0.15) is 11.7 Å². The van der Waals surface area contributed by atoms with E-state index in [1.165, 1.54) is 5.01 Å². The van der Waals surface area contributed by atoms with Crippen molar-refractivity contribution in [2.45, 2.75) is 51.2 Å². The van der Waals surface area contributed by atoms with Crippen LogP contribution < -0.4 is 10.7 Å². The van der Waals surface area contributed by atoms with Crippen LogP contribution in [-0.4, -0.2) is 37.4 Å². The van der Waals surface area contributed by atoms with Gasteiger partial charge < -0.3 is 4.74 Å². The molecule has 0 bridgehead atoms. The summed E-state index contributed by atoms with van der Waals surface area (Å²) in [6.07, 6.45) is -0.592. The number of carbonyl (C=O) groups is 2. The molecule has 2 N–H and O–H groups in total. The van der Waals surface area contributed by atoms with Gasteiger partial charge in [-0.25, -0.2) is 15.2 Å². The molecule has 1 unspecified atom stereocenters. The Morgan fingerprint density at radius 2 is 1.92 bits per heavy atom. The Kier molecular flexibility index (Phi) is 5.34. The molecular weight excluding hydrogens is 322 g/mol. The second-order valence-corrected chi connectivity index (χ2v) is 13.4. The number of hydrogen-bond acceptors (Lipinski definition) is 4. The molecule has 0 aliphatic carbocycles. The van der Waals surface area contributed by atoms with Crippen molar-refractivity contribution in [2.75, 3.05) is 6.61 Å². The van der Waals surface area contributed by atoms with Gasteiger partial charge in [0.05, 0.1) is 6.61 Å². The van der Waals surface area contributed by atoms with Gasteiger partial charge in [-0.05, 0) is 25.5 Å². The van der Waals surface area contributed by atoms with Gasteiger partial charge in [-0.15, -0.1) is 0 Å². The van der Waals surface area contributed by atoms with Crippen LogP contribution >= 0.6 is 0 Å². The van der Waals surface area contributed by atoms with Crippen molar-refractivity contribution in [3.8, 4) is 0 Å². The lowest BCUT2D eigenvalue weighted by Crippen LogP contribution is -2.56. The number of carbonyl (C=O) groups excluding carboxylic acids is 2. The normalized spacial score (nSPS) is 20.1. The van der Waals surface area contributed by atoms with E-state index in [0.29, 0.717) is 6.61 Å². The maximum Gasteiger partial charge on any atom is 0.426 e. The van der Waals surface area contributed by atoms with Crippen LogP contribution in [0.5, 0.6) is 0 Å². The number of hydrogen-bond donors (Lipinski definition) is 2. The summed E-state index contributed by atoms with van der Waals surface area (Å²) < 4.78 is 5.23. The third-order valence-corrected chi connectivity index (χ3v) is 5.65. The molecule has 2 amide bonds. The lowest BCUT2D eigenvalue weighted by Gasteiger charge is -2.30. The summed E-state index contributed by atoms with van der Waals surface area (Å²) >= 11 is 0. The highest BCUT2D eigenvalue weighted by molar-refractivity contribution is 6.76. The van der Waals surface area contributed by atoms with E-state index in [9.17, 15) is 9.59 Å². The number of benzene rings is 1. The Labute approximate surface area is 144 Å². The van der Waals surface area contributed by atoms with Gasteiger partial charge in [-0.2, -0.15) is 0 Å². The molecule has 1 atom stereocenters. The molecule has 6 nitrogen and oxygen atoms in total. The molecule has 1 fully saturated rings. The van der Waals surface area contributed by atoms with Gasteiger partial charge in [0, 0.05) is 8.07 Å². The van der Waals surface area contributed by atoms with Crippen molar-refractivity contribution >= 4 is 20.1 Å². The summed E-state index contributed by atoms with van der Waals surface area (Å²) in [4.78, 5) is 24.7. The summed E-state index contributed by atoms with van der Waals surface area (Å²) in [5.41, 5.74) is 2.75. The number of ether oxygens (including phenoxy) is 1. The van der Waals surface area contributed by atoms with Crippen LogP contribution in [0, 0.1) is 0 Å². The van der Waals surface area contributed by atoms with Crippen molar-refractivity contribution in [3.05, 3.63) is 35.9 Å². The molecule has 1 aromatic rings. The first-order valence-electron chi connectivity index (χ1n) is 8.20. The zero-order valence-corrected chi connectivity index (χ0v) is 16.1. The molecule has 132 valence electrons. The Morgan fingerprint density at radius 1 is 1.29 bits per heavy atom. The average molecular weight is 350 g/mol. The minimum atomic E-state index is -1.26. The van der Waals surface area contributed by atoms with Crippen molar-refractivity contribution < 1.29 is 14.3 Å². The first kappa shape index (κ1) is 18.5. The quantitative estimate of drug-likeness (QED) is 0.802. The van der Waals surface area contributed by atoms with E-state index in [2.05, 4.69) is 30.4 Å². The molecule has 0 saturated carbocycles. The Morgan fingerprint density at radius 3 is 2.50 bits per heavy atom. The Bertz CT molecular complexity index is 599. The van der Waals surface area contributed by atoms with Crippen LogP contribution in [-0.2, 0) is 9.53 Å². The summed E-state index contributed by atoms with van der Waals surface area (Å²) in [6.45, 7) is 10.7. The molecule has 24 heavy (non-hydrogen) atoms. The van der Waals surface area contributed by atoms with Gasteiger partial charge in [-0.3, -0.25) is 10.1 Å². The van der Waals surface area contributed by atoms with Gasteiger partial charge in [0.25, 0.3) is 5.91 Å². The van der Waals surface area contributed by atoms with Crippen molar-refractivity contribution in [2.24, 2.45) is 0 Å². The predicted molar refractivity (Wildman–Crippen MR) is 95.9 cm³/mol. The van der Waals surface area contributed by atoms with E-state index in [4.69, 9.17) is 4.74 Å². The molecule has 2 rings (SSSR count). The van der Waals surface area contributed by atoms with E-state index in [1.807, 2.05) is 44.2 Å². The SMILES string of the molecule is CC1(C)NC(c2ccccc2)C(=O)N1NC(=O)OCC[Si](C)(C)C. The molecule has 7 heteroatoms. The molecule has 1 aliphatic rings. The largest absolute Gasteiger partial charge is 0.449 e. The lowest BCUT2D eigenvalue weighted by atomic mass is 10.1. The first-order chi connectivity index (χ1) is 11.1. The van der Waals surface area contributed by atoms with Crippen LogP contribution in [0.2, 0.25) is 25.7 Å². The van der Waals surface area contributed by atoms with Crippen molar-refractivity contribution in [1.29, 1.82) is 0 Å². The maximum atomic E-state index is 12.7. The minimum absolute atomic E-state index is 0.201. The number of nitrogens with one attached hydrogen (secondary N) is 2. The van der Waals surface area contributed by atoms with Crippen molar-refractivity contribution in [3.63, 3.8) is 0 Å². The van der Waals surface area contributed by atoms with Gasteiger partial charge >= 0.3 is 6.09 Å². The minimum Gasteiger partial charge on any atom is -0.449 e. The number of rotatable bonds is 5. The summed E-state index contributed by atoms with van der Waals surface area (Å²) in [5, 5.41) is 4.57. The monoisotopic (exact) mass is 349 g/mol. The molecule has 0 aromatic heterocycles. The van der Waals surface area contributed by atoms with Gasteiger partial charge in [0.2, 0.25) is 0 Å². The molecule has 0 spiro atoms. The van der Waals surface area contributed by atoms with Crippen LogP contribution in [0.4, 0.5) is 4.79 Å².